The minimum Gasteiger partial charge on any atom is -0.497 e. The van der Waals surface area contributed by atoms with E-state index in [9.17, 15) is 9.59 Å². The van der Waals surface area contributed by atoms with Gasteiger partial charge in [-0.3, -0.25) is 9.59 Å². The van der Waals surface area contributed by atoms with Crippen molar-refractivity contribution in [2.45, 2.75) is 19.8 Å². The number of rotatable bonds is 5. The molecule has 0 spiro atoms. The fourth-order valence-corrected chi connectivity index (χ4v) is 3.81. The van der Waals surface area contributed by atoms with Crippen LogP contribution in [-0.4, -0.2) is 79.4 Å². The molecule has 0 N–H and O–H groups in total. The summed E-state index contributed by atoms with van der Waals surface area (Å²) in [6.45, 7) is 7.48. The Morgan fingerprint density at radius 1 is 1.04 bits per heavy atom. The van der Waals surface area contributed by atoms with E-state index in [4.69, 9.17) is 4.74 Å². The molecule has 6 nitrogen and oxygen atoms in total. The molecule has 1 aromatic carbocycles. The third-order valence-electron chi connectivity index (χ3n) is 5.35. The first kappa shape index (κ1) is 18.7. The average Bonchev–Trinajstić information content (AvgIpc) is 3.20. The van der Waals surface area contributed by atoms with Gasteiger partial charge in [0.15, 0.2) is 0 Å². The largest absolute Gasteiger partial charge is 0.497 e. The van der Waals surface area contributed by atoms with E-state index in [-0.39, 0.29) is 17.7 Å². The Balaban J connectivity index is 1.51. The quantitative estimate of drug-likeness (QED) is 0.803. The zero-order chi connectivity index (χ0) is 18.5. The van der Waals surface area contributed by atoms with E-state index >= 15 is 0 Å². The van der Waals surface area contributed by atoms with Gasteiger partial charge in [-0.1, -0.05) is 13.0 Å². The summed E-state index contributed by atoms with van der Waals surface area (Å²) in [5.74, 6) is 0.917. The Morgan fingerprint density at radius 3 is 2.35 bits per heavy atom. The SMILES string of the molecule is COc1cccc(C(=O)N2CCN(C(=O)[C@H](C)CN3CCCC3)CC2)c1. The van der Waals surface area contributed by atoms with Crippen LogP contribution in [0.5, 0.6) is 5.75 Å². The molecule has 0 saturated carbocycles. The average molecular weight is 359 g/mol. The molecule has 0 aromatic heterocycles. The third-order valence-corrected chi connectivity index (χ3v) is 5.35. The molecule has 142 valence electrons. The number of benzene rings is 1. The van der Waals surface area contributed by atoms with Gasteiger partial charge in [0.05, 0.1) is 7.11 Å². The molecule has 2 amide bonds. The lowest BCUT2D eigenvalue weighted by molar-refractivity contribution is -0.137. The zero-order valence-electron chi connectivity index (χ0n) is 15.8. The molecule has 0 radical (unpaired) electrons. The van der Waals surface area contributed by atoms with Gasteiger partial charge in [0.2, 0.25) is 5.91 Å². The second kappa shape index (κ2) is 8.54. The number of piperazine rings is 1. The molecule has 0 aliphatic carbocycles. The second-order valence-corrected chi connectivity index (χ2v) is 7.26. The highest BCUT2D eigenvalue weighted by molar-refractivity contribution is 5.94. The minimum absolute atomic E-state index is 0.00103. The van der Waals surface area contributed by atoms with Crippen molar-refractivity contribution in [2.24, 2.45) is 5.92 Å². The van der Waals surface area contributed by atoms with Gasteiger partial charge in [-0.25, -0.2) is 0 Å². The van der Waals surface area contributed by atoms with Crippen molar-refractivity contribution in [3.8, 4) is 5.75 Å². The van der Waals surface area contributed by atoms with Crippen molar-refractivity contribution < 1.29 is 14.3 Å². The van der Waals surface area contributed by atoms with Crippen molar-refractivity contribution in [3.63, 3.8) is 0 Å². The number of likely N-dealkylation sites (tertiary alicyclic amines) is 1. The Bertz CT molecular complexity index is 635. The lowest BCUT2D eigenvalue weighted by Crippen LogP contribution is -2.52. The Kier molecular flexibility index (Phi) is 6.14. The van der Waals surface area contributed by atoms with Crippen LogP contribution in [0.15, 0.2) is 24.3 Å². The van der Waals surface area contributed by atoms with Crippen LogP contribution < -0.4 is 4.74 Å². The van der Waals surface area contributed by atoms with Gasteiger partial charge in [-0.2, -0.15) is 0 Å². The van der Waals surface area contributed by atoms with E-state index in [1.165, 1.54) is 12.8 Å². The van der Waals surface area contributed by atoms with Gasteiger partial charge in [-0.15, -0.1) is 0 Å². The second-order valence-electron chi connectivity index (χ2n) is 7.26. The number of ether oxygens (including phenoxy) is 1. The fourth-order valence-electron chi connectivity index (χ4n) is 3.81. The summed E-state index contributed by atoms with van der Waals surface area (Å²) in [5, 5.41) is 0. The maximum absolute atomic E-state index is 12.7. The number of hydrogen-bond acceptors (Lipinski definition) is 4. The summed E-state index contributed by atoms with van der Waals surface area (Å²) in [7, 11) is 1.59. The number of nitrogens with zero attached hydrogens (tertiary/aromatic N) is 3. The highest BCUT2D eigenvalue weighted by Gasteiger charge is 2.28. The van der Waals surface area contributed by atoms with Crippen molar-refractivity contribution in [1.29, 1.82) is 0 Å². The van der Waals surface area contributed by atoms with E-state index in [1.54, 1.807) is 19.2 Å². The Morgan fingerprint density at radius 2 is 1.69 bits per heavy atom. The molecule has 2 aliphatic heterocycles. The van der Waals surface area contributed by atoms with Crippen molar-refractivity contribution in [1.82, 2.24) is 14.7 Å². The maximum atomic E-state index is 12.7. The van der Waals surface area contributed by atoms with E-state index in [0.29, 0.717) is 37.5 Å². The van der Waals surface area contributed by atoms with Crippen LogP contribution in [0.3, 0.4) is 0 Å². The van der Waals surface area contributed by atoms with Crippen LogP contribution in [-0.2, 0) is 4.79 Å². The predicted molar refractivity (Wildman–Crippen MR) is 100 cm³/mol. The van der Waals surface area contributed by atoms with Gasteiger partial charge < -0.3 is 19.4 Å². The summed E-state index contributed by atoms with van der Waals surface area (Å²) in [6, 6.07) is 7.22. The smallest absolute Gasteiger partial charge is 0.254 e. The molecule has 26 heavy (non-hydrogen) atoms. The standard InChI is InChI=1S/C20H29N3O3/c1-16(15-21-8-3-4-9-21)19(24)22-10-12-23(13-11-22)20(25)17-6-5-7-18(14-17)26-2/h5-7,14,16H,3-4,8-13,15H2,1-2H3/t16-/m1/s1. The fraction of sp³-hybridized carbons (Fsp3) is 0.600. The van der Waals surface area contributed by atoms with Crippen molar-refractivity contribution in [2.75, 3.05) is 52.9 Å². The first-order chi connectivity index (χ1) is 12.6. The topological polar surface area (TPSA) is 53.1 Å². The number of methoxy groups -OCH3 is 1. The third kappa shape index (κ3) is 4.36. The molecule has 3 rings (SSSR count). The normalized spacial score (nSPS) is 19.5. The number of hydrogen-bond donors (Lipinski definition) is 0. The summed E-state index contributed by atoms with van der Waals surface area (Å²) in [4.78, 5) is 31.5. The Hall–Kier alpha value is -2.08. The summed E-state index contributed by atoms with van der Waals surface area (Å²) < 4.78 is 5.19. The molecule has 2 fully saturated rings. The summed E-state index contributed by atoms with van der Waals surface area (Å²) >= 11 is 0. The van der Waals surface area contributed by atoms with E-state index in [0.717, 1.165) is 19.6 Å². The molecule has 2 saturated heterocycles. The van der Waals surface area contributed by atoms with Gasteiger partial charge in [0.25, 0.3) is 5.91 Å². The predicted octanol–water partition coefficient (Wildman–Crippen LogP) is 1.71. The van der Waals surface area contributed by atoms with Crippen molar-refractivity contribution >= 4 is 11.8 Å². The number of amides is 2. The maximum Gasteiger partial charge on any atom is 0.254 e. The van der Waals surface area contributed by atoms with Crippen LogP contribution in [0, 0.1) is 5.92 Å². The van der Waals surface area contributed by atoms with Gasteiger partial charge in [-0.05, 0) is 44.1 Å². The van der Waals surface area contributed by atoms with E-state index in [1.807, 2.05) is 28.9 Å². The molecule has 1 atom stereocenters. The first-order valence-electron chi connectivity index (χ1n) is 9.53. The molecular formula is C20H29N3O3. The van der Waals surface area contributed by atoms with Crippen LogP contribution in [0.2, 0.25) is 0 Å². The Labute approximate surface area is 155 Å². The molecular weight excluding hydrogens is 330 g/mol. The molecule has 2 heterocycles. The van der Waals surface area contributed by atoms with Crippen LogP contribution in [0.4, 0.5) is 0 Å². The molecule has 6 heteroatoms. The van der Waals surface area contributed by atoms with Crippen LogP contribution in [0.25, 0.3) is 0 Å². The summed E-state index contributed by atoms with van der Waals surface area (Å²) in [5.41, 5.74) is 0.631. The lowest BCUT2D eigenvalue weighted by Gasteiger charge is -2.36. The van der Waals surface area contributed by atoms with Gasteiger partial charge >= 0.3 is 0 Å². The lowest BCUT2D eigenvalue weighted by atomic mass is 10.1. The molecule has 1 aromatic rings. The highest BCUT2D eigenvalue weighted by atomic mass is 16.5. The van der Waals surface area contributed by atoms with Gasteiger partial charge in [0, 0.05) is 44.2 Å². The summed E-state index contributed by atoms with van der Waals surface area (Å²) in [6.07, 6.45) is 2.48. The minimum atomic E-state index is 0.00103. The van der Waals surface area contributed by atoms with Crippen LogP contribution >= 0.6 is 0 Å². The zero-order valence-corrected chi connectivity index (χ0v) is 15.8. The molecule has 2 aliphatic rings. The first-order valence-corrected chi connectivity index (χ1v) is 9.53. The van der Waals surface area contributed by atoms with E-state index < -0.39 is 0 Å². The van der Waals surface area contributed by atoms with Crippen molar-refractivity contribution in [3.05, 3.63) is 29.8 Å². The number of carbonyl (C=O) groups is 2. The number of carbonyl (C=O) groups excluding carboxylic acids is 2. The van der Waals surface area contributed by atoms with Gasteiger partial charge in [0.1, 0.15) is 5.75 Å². The van der Waals surface area contributed by atoms with Crippen LogP contribution in [0.1, 0.15) is 30.1 Å². The highest BCUT2D eigenvalue weighted by Crippen LogP contribution is 2.17. The molecule has 0 unspecified atom stereocenters. The van der Waals surface area contributed by atoms with E-state index in [2.05, 4.69) is 4.90 Å². The molecule has 0 bridgehead atoms. The monoisotopic (exact) mass is 359 g/mol.